The molecule has 2 aromatic carbocycles. The number of anilines is 2. The number of rotatable bonds is 6. The number of amides is 1. The molecular formula is C18H18ClF3N2OS. The van der Waals surface area contributed by atoms with Crippen molar-refractivity contribution in [2.24, 2.45) is 0 Å². The number of hydrogen-bond acceptors (Lipinski definition) is 3. The van der Waals surface area contributed by atoms with Crippen LogP contribution in [0.5, 0.6) is 0 Å². The van der Waals surface area contributed by atoms with Crippen LogP contribution in [0.25, 0.3) is 0 Å². The van der Waals surface area contributed by atoms with Crippen LogP contribution in [-0.4, -0.2) is 25.8 Å². The number of alkyl halides is 3. The molecular weight excluding hydrogens is 385 g/mol. The maximum absolute atomic E-state index is 13.3. The van der Waals surface area contributed by atoms with Crippen LogP contribution in [-0.2, 0) is 16.7 Å². The van der Waals surface area contributed by atoms with Crippen molar-refractivity contribution in [3.05, 3.63) is 58.6 Å². The monoisotopic (exact) mass is 402 g/mol. The summed E-state index contributed by atoms with van der Waals surface area (Å²) < 4.78 is 39.8. The molecule has 1 amide bonds. The van der Waals surface area contributed by atoms with Crippen LogP contribution >= 0.6 is 23.4 Å². The Bertz CT molecular complexity index is 781. The number of nitrogens with zero attached hydrogens (tertiary/aromatic N) is 1. The van der Waals surface area contributed by atoms with Crippen molar-refractivity contribution in [2.45, 2.75) is 11.9 Å². The predicted octanol–water partition coefficient (Wildman–Crippen LogP) is 5.30. The van der Waals surface area contributed by atoms with Crippen molar-refractivity contribution in [1.82, 2.24) is 0 Å². The third-order valence-corrected chi connectivity index (χ3v) is 4.73. The zero-order chi connectivity index (χ0) is 19.3. The van der Waals surface area contributed by atoms with Crippen molar-refractivity contribution in [1.29, 1.82) is 0 Å². The topological polar surface area (TPSA) is 32.3 Å². The molecule has 26 heavy (non-hydrogen) atoms. The van der Waals surface area contributed by atoms with E-state index in [9.17, 15) is 18.0 Å². The van der Waals surface area contributed by atoms with Crippen LogP contribution in [0, 0.1) is 0 Å². The van der Waals surface area contributed by atoms with Gasteiger partial charge in [0.05, 0.1) is 17.0 Å². The summed E-state index contributed by atoms with van der Waals surface area (Å²) in [7, 11) is 3.31. The quantitative estimate of drug-likeness (QED) is 0.711. The van der Waals surface area contributed by atoms with E-state index in [2.05, 4.69) is 5.32 Å². The highest BCUT2D eigenvalue weighted by Gasteiger charge is 2.34. The molecule has 2 aromatic rings. The van der Waals surface area contributed by atoms with E-state index in [0.717, 1.165) is 11.6 Å². The van der Waals surface area contributed by atoms with E-state index in [0.29, 0.717) is 16.5 Å². The number of hydrogen-bond donors (Lipinski definition) is 1. The molecule has 8 heteroatoms. The smallest absolute Gasteiger partial charge is 0.378 e. The molecule has 0 fully saturated rings. The highest BCUT2D eigenvalue weighted by Crippen LogP contribution is 2.37. The first-order valence-electron chi connectivity index (χ1n) is 7.67. The fourth-order valence-electron chi connectivity index (χ4n) is 2.23. The summed E-state index contributed by atoms with van der Waals surface area (Å²) in [5.74, 6) is 0.0963. The number of thioether (sulfide) groups is 1. The zero-order valence-corrected chi connectivity index (χ0v) is 15.8. The Hall–Kier alpha value is -1.86. The van der Waals surface area contributed by atoms with Crippen LogP contribution in [0.3, 0.4) is 0 Å². The molecule has 0 aliphatic carbocycles. The molecule has 0 saturated carbocycles. The van der Waals surface area contributed by atoms with Crippen molar-refractivity contribution >= 4 is 40.6 Å². The van der Waals surface area contributed by atoms with Gasteiger partial charge < -0.3 is 10.2 Å². The van der Waals surface area contributed by atoms with Crippen LogP contribution in [0.4, 0.5) is 24.5 Å². The highest BCUT2D eigenvalue weighted by molar-refractivity contribution is 7.99. The van der Waals surface area contributed by atoms with E-state index in [-0.39, 0.29) is 11.4 Å². The minimum Gasteiger partial charge on any atom is -0.378 e. The molecule has 1 N–H and O–H groups in total. The molecule has 0 saturated heterocycles. The Morgan fingerprint density at radius 2 is 1.92 bits per heavy atom. The SMILES string of the molecule is CN(C)c1ccc(NC(=O)CSCc2cccc(Cl)c2)c(C(F)(F)F)c1. The summed E-state index contributed by atoms with van der Waals surface area (Å²) in [5, 5.41) is 2.96. The molecule has 0 aliphatic rings. The Morgan fingerprint density at radius 1 is 1.19 bits per heavy atom. The predicted molar refractivity (Wildman–Crippen MR) is 102 cm³/mol. The van der Waals surface area contributed by atoms with E-state index in [1.807, 2.05) is 6.07 Å². The maximum atomic E-state index is 13.3. The number of nitrogens with one attached hydrogen (secondary N) is 1. The molecule has 140 valence electrons. The summed E-state index contributed by atoms with van der Waals surface area (Å²) in [4.78, 5) is 13.6. The van der Waals surface area contributed by atoms with Gasteiger partial charge in [0.15, 0.2) is 0 Å². The molecule has 2 rings (SSSR count). The molecule has 0 atom stereocenters. The summed E-state index contributed by atoms with van der Waals surface area (Å²) >= 11 is 7.19. The van der Waals surface area contributed by atoms with Gasteiger partial charge >= 0.3 is 6.18 Å². The van der Waals surface area contributed by atoms with Crippen LogP contribution in [0.2, 0.25) is 5.02 Å². The third kappa shape index (κ3) is 5.85. The zero-order valence-electron chi connectivity index (χ0n) is 14.2. The van der Waals surface area contributed by atoms with E-state index in [1.54, 1.807) is 37.2 Å². The first-order valence-corrected chi connectivity index (χ1v) is 9.20. The lowest BCUT2D eigenvalue weighted by molar-refractivity contribution is -0.136. The van der Waals surface area contributed by atoms with Crippen LogP contribution in [0.15, 0.2) is 42.5 Å². The number of carbonyl (C=O) groups excluding carboxylic acids is 1. The van der Waals surface area contributed by atoms with Gasteiger partial charge in [-0.1, -0.05) is 23.7 Å². The minimum absolute atomic E-state index is 0.0409. The normalized spacial score (nSPS) is 11.3. The van der Waals surface area contributed by atoms with Gasteiger partial charge in [0.25, 0.3) is 0 Å². The van der Waals surface area contributed by atoms with E-state index in [1.165, 1.54) is 23.9 Å². The van der Waals surface area contributed by atoms with Crippen LogP contribution < -0.4 is 10.2 Å². The van der Waals surface area contributed by atoms with Crippen molar-refractivity contribution in [3.8, 4) is 0 Å². The van der Waals surface area contributed by atoms with Crippen LogP contribution in [0.1, 0.15) is 11.1 Å². The first kappa shape index (κ1) is 20.5. The van der Waals surface area contributed by atoms with Gasteiger partial charge in [0, 0.05) is 30.6 Å². The average Bonchev–Trinajstić information content (AvgIpc) is 2.54. The van der Waals surface area contributed by atoms with E-state index >= 15 is 0 Å². The fraction of sp³-hybridized carbons (Fsp3) is 0.278. The largest absolute Gasteiger partial charge is 0.418 e. The number of carbonyl (C=O) groups is 1. The van der Waals surface area contributed by atoms with Gasteiger partial charge in [-0.05, 0) is 35.9 Å². The summed E-state index contributed by atoms with van der Waals surface area (Å²) in [5.41, 5.74) is 0.251. The molecule has 0 aromatic heterocycles. The van der Waals surface area contributed by atoms with E-state index in [4.69, 9.17) is 11.6 Å². The van der Waals surface area contributed by atoms with Gasteiger partial charge in [-0.2, -0.15) is 13.2 Å². The second-order valence-electron chi connectivity index (χ2n) is 5.79. The fourth-order valence-corrected chi connectivity index (χ4v) is 3.22. The lowest BCUT2D eigenvalue weighted by Crippen LogP contribution is -2.19. The van der Waals surface area contributed by atoms with Gasteiger partial charge in [-0.3, -0.25) is 4.79 Å². The second kappa shape index (κ2) is 8.68. The molecule has 0 unspecified atom stereocenters. The summed E-state index contributed by atoms with van der Waals surface area (Å²) in [6.07, 6.45) is -4.55. The minimum atomic E-state index is -4.55. The molecule has 0 aliphatic heterocycles. The standard InChI is InChI=1S/C18H18ClF3N2OS/c1-24(2)14-6-7-16(15(9-14)18(20,21)22)23-17(25)11-26-10-12-4-3-5-13(19)8-12/h3-9H,10-11H2,1-2H3,(H,23,25). The Morgan fingerprint density at radius 3 is 2.54 bits per heavy atom. The highest BCUT2D eigenvalue weighted by atomic mass is 35.5. The lowest BCUT2D eigenvalue weighted by atomic mass is 10.1. The third-order valence-electron chi connectivity index (χ3n) is 3.49. The first-order chi connectivity index (χ1) is 12.2. The Balaban J connectivity index is 2.01. The average molecular weight is 403 g/mol. The molecule has 0 heterocycles. The summed E-state index contributed by atoms with van der Waals surface area (Å²) in [6.45, 7) is 0. The molecule has 0 spiro atoms. The van der Waals surface area contributed by atoms with Crippen molar-refractivity contribution in [2.75, 3.05) is 30.1 Å². The molecule has 0 bridgehead atoms. The van der Waals surface area contributed by atoms with Gasteiger partial charge in [-0.25, -0.2) is 0 Å². The van der Waals surface area contributed by atoms with Crippen molar-refractivity contribution < 1.29 is 18.0 Å². The maximum Gasteiger partial charge on any atom is 0.418 e. The van der Waals surface area contributed by atoms with Crippen molar-refractivity contribution in [3.63, 3.8) is 0 Å². The second-order valence-corrected chi connectivity index (χ2v) is 7.22. The number of benzene rings is 2. The van der Waals surface area contributed by atoms with E-state index < -0.39 is 17.6 Å². The lowest BCUT2D eigenvalue weighted by Gasteiger charge is -2.18. The molecule has 3 nitrogen and oxygen atoms in total. The van der Waals surface area contributed by atoms with Gasteiger partial charge in [0.1, 0.15) is 0 Å². The Kier molecular flexibility index (Phi) is 6.83. The molecule has 0 radical (unpaired) electrons. The van der Waals surface area contributed by atoms with Gasteiger partial charge in [-0.15, -0.1) is 11.8 Å². The van der Waals surface area contributed by atoms with Gasteiger partial charge in [0.2, 0.25) is 5.91 Å². The summed E-state index contributed by atoms with van der Waals surface area (Å²) in [6, 6.07) is 11.0. The Labute approximate surface area is 159 Å². The number of halogens is 4.